The number of anilines is 1. The number of hydrogen-bond acceptors (Lipinski definition) is 3. The van der Waals surface area contributed by atoms with Crippen LogP contribution in [-0.2, 0) is 4.79 Å². The molecule has 3 N–H and O–H groups in total. The maximum Gasteiger partial charge on any atom is 0.223 e. The molecule has 4 nitrogen and oxygen atoms in total. The number of hydrogen-bond donors (Lipinski definition) is 2. The lowest BCUT2D eigenvalue weighted by Gasteiger charge is -2.33. The topological polar surface area (TPSA) is 64.3 Å². The van der Waals surface area contributed by atoms with E-state index in [9.17, 15) is 4.79 Å². The molecule has 98 valence electrons. The normalized spacial score (nSPS) is 22.1. The monoisotopic (exact) mass is 248 g/mol. The number of benzene rings is 1. The lowest BCUT2D eigenvalue weighted by molar-refractivity contribution is -0.123. The van der Waals surface area contributed by atoms with Gasteiger partial charge in [-0.05, 0) is 30.9 Å². The number of nitrogens with two attached hydrogens (primary N) is 1. The van der Waals surface area contributed by atoms with Crippen LogP contribution < -0.4 is 15.8 Å². The number of para-hydroxylation sites is 2. The van der Waals surface area contributed by atoms with Gasteiger partial charge in [-0.2, -0.15) is 0 Å². The Balaban J connectivity index is 1.66. The molecular weight excluding hydrogens is 228 g/mol. The van der Waals surface area contributed by atoms with Crippen molar-refractivity contribution in [2.45, 2.75) is 32.2 Å². The molecule has 1 aromatic carbocycles. The molecule has 4 heteroatoms. The molecular formula is C14H20N2O2. The van der Waals surface area contributed by atoms with Gasteiger partial charge in [0.05, 0.1) is 18.7 Å². The average Bonchev–Trinajstić information content (AvgIpc) is 2.30. The molecule has 0 unspecified atom stereocenters. The van der Waals surface area contributed by atoms with Crippen LogP contribution in [0.4, 0.5) is 5.69 Å². The molecule has 0 aromatic heterocycles. The molecule has 0 saturated heterocycles. The largest absolute Gasteiger partial charge is 0.491 e. The first kappa shape index (κ1) is 12.7. The fourth-order valence-corrected chi connectivity index (χ4v) is 2.19. The second kappa shape index (κ2) is 5.76. The lowest BCUT2D eigenvalue weighted by Crippen LogP contribution is -2.43. The molecule has 1 amide bonds. The van der Waals surface area contributed by atoms with Crippen LogP contribution in [-0.4, -0.2) is 18.6 Å². The van der Waals surface area contributed by atoms with Crippen molar-refractivity contribution in [2.24, 2.45) is 5.92 Å². The van der Waals surface area contributed by atoms with E-state index in [4.69, 9.17) is 10.5 Å². The van der Waals surface area contributed by atoms with E-state index in [1.54, 1.807) is 12.1 Å². The maximum absolute atomic E-state index is 11.6. The van der Waals surface area contributed by atoms with Crippen molar-refractivity contribution in [3.63, 3.8) is 0 Å². The zero-order valence-corrected chi connectivity index (χ0v) is 10.7. The van der Waals surface area contributed by atoms with Gasteiger partial charge in [0.15, 0.2) is 0 Å². The Morgan fingerprint density at radius 2 is 2.17 bits per heavy atom. The van der Waals surface area contributed by atoms with Gasteiger partial charge in [-0.15, -0.1) is 0 Å². The lowest BCUT2D eigenvalue weighted by atomic mass is 9.82. The summed E-state index contributed by atoms with van der Waals surface area (Å²) in [6, 6.07) is 7.68. The van der Waals surface area contributed by atoms with Crippen LogP contribution in [0.3, 0.4) is 0 Å². The number of ether oxygens (including phenoxy) is 1. The van der Waals surface area contributed by atoms with Crippen molar-refractivity contribution < 1.29 is 9.53 Å². The van der Waals surface area contributed by atoms with Crippen LogP contribution >= 0.6 is 0 Å². The van der Waals surface area contributed by atoms with Crippen LogP contribution in [0.25, 0.3) is 0 Å². The van der Waals surface area contributed by atoms with Gasteiger partial charge in [0, 0.05) is 6.04 Å². The summed E-state index contributed by atoms with van der Waals surface area (Å²) in [6.07, 6.45) is 2.57. The first-order valence-electron chi connectivity index (χ1n) is 6.42. The zero-order valence-electron chi connectivity index (χ0n) is 10.7. The Morgan fingerprint density at radius 1 is 1.44 bits per heavy atom. The van der Waals surface area contributed by atoms with Crippen molar-refractivity contribution in [2.75, 3.05) is 12.3 Å². The van der Waals surface area contributed by atoms with Crippen LogP contribution in [0.1, 0.15) is 26.2 Å². The van der Waals surface area contributed by atoms with E-state index in [2.05, 4.69) is 12.2 Å². The van der Waals surface area contributed by atoms with E-state index < -0.39 is 0 Å². The molecule has 0 heterocycles. The number of carbonyl (C=O) groups excluding carboxylic acids is 1. The highest BCUT2D eigenvalue weighted by molar-refractivity contribution is 5.76. The van der Waals surface area contributed by atoms with E-state index in [1.165, 1.54) is 0 Å². The van der Waals surface area contributed by atoms with Crippen LogP contribution in [0.2, 0.25) is 0 Å². The predicted molar refractivity (Wildman–Crippen MR) is 71.3 cm³/mol. The highest BCUT2D eigenvalue weighted by Crippen LogP contribution is 2.26. The van der Waals surface area contributed by atoms with E-state index in [0.717, 1.165) is 18.8 Å². The van der Waals surface area contributed by atoms with E-state index in [-0.39, 0.29) is 5.91 Å². The van der Waals surface area contributed by atoms with Gasteiger partial charge >= 0.3 is 0 Å². The summed E-state index contributed by atoms with van der Waals surface area (Å²) < 4.78 is 5.48. The Morgan fingerprint density at radius 3 is 2.83 bits per heavy atom. The standard InChI is InChI=1S/C14H20N2O2/c1-10-8-11(9-10)16-14(17)6-7-18-13-5-3-2-4-12(13)15/h2-5,10-11H,6-9,15H2,1H3,(H,16,17). The summed E-state index contributed by atoms with van der Waals surface area (Å²) in [5.41, 5.74) is 6.34. The second-order valence-corrected chi connectivity index (χ2v) is 4.98. The third kappa shape index (κ3) is 3.39. The van der Waals surface area contributed by atoms with Crippen molar-refractivity contribution in [1.82, 2.24) is 5.32 Å². The molecule has 0 bridgehead atoms. The summed E-state index contributed by atoms with van der Waals surface area (Å²) in [6.45, 7) is 2.56. The van der Waals surface area contributed by atoms with Crippen molar-refractivity contribution in [3.8, 4) is 5.75 Å². The van der Waals surface area contributed by atoms with Crippen molar-refractivity contribution in [3.05, 3.63) is 24.3 Å². The fourth-order valence-electron chi connectivity index (χ4n) is 2.19. The Hall–Kier alpha value is -1.71. The van der Waals surface area contributed by atoms with Crippen molar-refractivity contribution >= 4 is 11.6 Å². The number of carbonyl (C=O) groups is 1. The molecule has 0 spiro atoms. The Bertz CT molecular complexity index is 414. The number of amides is 1. The third-order valence-electron chi connectivity index (χ3n) is 3.24. The van der Waals surface area contributed by atoms with Gasteiger partial charge in [0.25, 0.3) is 0 Å². The summed E-state index contributed by atoms with van der Waals surface area (Å²) in [4.78, 5) is 11.6. The molecule has 0 aliphatic heterocycles. The van der Waals surface area contributed by atoms with Crippen LogP contribution in [0, 0.1) is 5.92 Å². The van der Waals surface area contributed by atoms with E-state index in [0.29, 0.717) is 30.5 Å². The number of nitrogens with one attached hydrogen (secondary N) is 1. The fraction of sp³-hybridized carbons (Fsp3) is 0.500. The molecule has 1 fully saturated rings. The smallest absolute Gasteiger partial charge is 0.223 e. The molecule has 1 saturated carbocycles. The van der Waals surface area contributed by atoms with Gasteiger partial charge in [0.2, 0.25) is 5.91 Å². The molecule has 1 aliphatic carbocycles. The highest BCUT2D eigenvalue weighted by atomic mass is 16.5. The average molecular weight is 248 g/mol. The molecule has 1 aromatic rings. The van der Waals surface area contributed by atoms with Gasteiger partial charge in [0.1, 0.15) is 5.75 Å². The quantitative estimate of drug-likeness (QED) is 0.783. The summed E-state index contributed by atoms with van der Waals surface area (Å²) >= 11 is 0. The van der Waals surface area contributed by atoms with Gasteiger partial charge in [-0.25, -0.2) is 0 Å². The summed E-state index contributed by atoms with van der Waals surface area (Å²) in [7, 11) is 0. The zero-order chi connectivity index (χ0) is 13.0. The third-order valence-corrected chi connectivity index (χ3v) is 3.24. The Labute approximate surface area is 108 Å². The molecule has 0 radical (unpaired) electrons. The van der Waals surface area contributed by atoms with Crippen molar-refractivity contribution in [1.29, 1.82) is 0 Å². The maximum atomic E-state index is 11.6. The predicted octanol–water partition coefficient (Wildman–Crippen LogP) is 1.95. The molecule has 18 heavy (non-hydrogen) atoms. The van der Waals surface area contributed by atoms with E-state index >= 15 is 0 Å². The van der Waals surface area contributed by atoms with Gasteiger partial charge < -0.3 is 15.8 Å². The van der Waals surface area contributed by atoms with Gasteiger partial charge in [-0.3, -0.25) is 4.79 Å². The SMILES string of the molecule is CC1CC(NC(=O)CCOc2ccccc2N)C1. The van der Waals surface area contributed by atoms with Crippen LogP contribution in [0.5, 0.6) is 5.75 Å². The van der Waals surface area contributed by atoms with E-state index in [1.807, 2.05) is 12.1 Å². The van der Waals surface area contributed by atoms with Gasteiger partial charge in [-0.1, -0.05) is 19.1 Å². The first-order valence-corrected chi connectivity index (χ1v) is 6.42. The first-order chi connectivity index (χ1) is 8.65. The minimum absolute atomic E-state index is 0.0569. The minimum Gasteiger partial charge on any atom is -0.491 e. The molecule has 2 rings (SSSR count). The highest BCUT2D eigenvalue weighted by Gasteiger charge is 2.26. The molecule has 0 atom stereocenters. The molecule has 1 aliphatic rings. The van der Waals surface area contributed by atoms with Crippen LogP contribution in [0.15, 0.2) is 24.3 Å². The minimum atomic E-state index is 0.0569. The Kier molecular flexibility index (Phi) is 4.07. The summed E-state index contributed by atoms with van der Waals surface area (Å²) in [5.74, 6) is 1.44. The number of nitrogen functional groups attached to an aromatic ring is 1. The number of rotatable bonds is 5. The summed E-state index contributed by atoms with van der Waals surface area (Å²) in [5, 5.41) is 3.00. The second-order valence-electron chi connectivity index (χ2n) is 4.98.